The average Bonchev–Trinajstić information content (AvgIpc) is 2.61. The molecule has 0 aliphatic carbocycles. The number of non-ortho nitro benzene ring substituents is 1. The standard InChI is InChI=1S/C15H20N4O6S/c20-18(21)13-1-2-14(15(11-13)19(22)23)17-5-3-12(4-6-17)16-7-9-26(24,25)10-8-16/h1-2,11-12H,3-10H2. The van der Waals surface area contributed by atoms with Crippen LogP contribution in [0.3, 0.4) is 0 Å². The Morgan fingerprint density at radius 1 is 0.962 bits per heavy atom. The van der Waals surface area contributed by atoms with Gasteiger partial charge >= 0.3 is 0 Å². The zero-order chi connectivity index (χ0) is 18.9. The summed E-state index contributed by atoms with van der Waals surface area (Å²) in [6, 6.07) is 3.98. The molecular formula is C15H20N4O6S. The summed E-state index contributed by atoms with van der Waals surface area (Å²) in [6.07, 6.45) is 1.54. The van der Waals surface area contributed by atoms with Gasteiger partial charge in [-0.2, -0.15) is 0 Å². The summed E-state index contributed by atoms with van der Waals surface area (Å²) in [4.78, 5) is 25.0. The Bertz CT molecular complexity index is 805. The maximum absolute atomic E-state index is 11.5. The number of benzene rings is 1. The molecule has 0 aromatic heterocycles. The normalized spacial score (nSPS) is 21.5. The van der Waals surface area contributed by atoms with Crippen LogP contribution in [0.4, 0.5) is 17.1 Å². The van der Waals surface area contributed by atoms with Crippen LogP contribution in [0.2, 0.25) is 0 Å². The average molecular weight is 384 g/mol. The molecule has 3 rings (SSSR count). The molecule has 0 unspecified atom stereocenters. The molecule has 1 aromatic rings. The van der Waals surface area contributed by atoms with Crippen molar-refractivity contribution in [3.05, 3.63) is 38.4 Å². The molecule has 2 aliphatic rings. The monoisotopic (exact) mass is 384 g/mol. The molecule has 142 valence electrons. The van der Waals surface area contributed by atoms with E-state index in [1.807, 2.05) is 4.90 Å². The zero-order valence-corrected chi connectivity index (χ0v) is 14.9. The van der Waals surface area contributed by atoms with E-state index in [0.717, 1.165) is 18.9 Å². The highest BCUT2D eigenvalue weighted by Gasteiger charge is 2.31. The van der Waals surface area contributed by atoms with Crippen molar-refractivity contribution in [2.45, 2.75) is 18.9 Å². The van der Waals surface area contributed by atoms with Gasteiger partial charge in [-0.3, -0.25) is 25.1 Å². The van der Waals surface area contributed by atoms with Gasteiger partial charge in [0.15, 0.2) is 9.84 Å². The molecule has 2 heterocycles. The first kappa shape index (κ1) is 18.5. The number of nitrogens with zero attached hydrogens (tertiary/aromatic N) is 4. The van der Waals surface area contributed by atoms with Crippen molar-refractivity contribution in [1.29, 1.82) is 0 Å². The number of rotatable bonds is 4. The maximum Gasteiger partial charge on any atom is 0.299 e. The molecule has 2 fully saturated rings. The van der Waals surface area contributed by atoms with Crippen LogP contribution in [-0.2, 0) is 9.84 Å². The minimum Gasteiger partial charge on any atom is -0.366 e. The number of hydrogen-bond acceptors (Lipinski definition) is 8. The van der Waals surface area contributed by atoms with Gasteiger partial charge < -0.3 is 4.90 Å². The second-order valence-electron chi connectivity index (χ2n) is 6.59. The third-order valence-corrected chi connectivity index (χ3v) is 6.68. The molecule has 10 nitrogen and oxygen atoms in total. The topological polar surface area (TPSA) is 127 Å². The maximum atomic E-state index is 11.5. The van der Waals surface area contributed by atoms with Crippen molar-refractivity contribution < 1.29 is 18.3 Å². The molecule has 2 saturated heterocycles. The van der Waals surface area contributed by atoms with E-state index < -0.39 is 19.7 Å². The Balaban J connectivity index is 1.68. The lowest BCUT2D eigenvalue weighted by atomic mass is 10.0. The van der Waals surface area contributed by atoms with Crippen LogP contribution in [0.5, 0.6) is 0 Å². The summed E-state index contributed by atoms with van der Waals surface area (Å²) in [6.45, 7) is 2.24. The van der Waals surface area contributed by atoms with E-state index in [1.54, 1.807) is 0 Å². The van der Waals surface area contributed by atoms with E-state index in [0.29, 0.717) is 31.9 Å². The Labute approximate surface area is 150 Å². The number of nitro benzene ring substituents is 2. The van der Waals surface area contributed by atoms with Gasteiger partial charge in [0.1, 0.15) is 5.69 Å². The van der Waals surface area contributed by atoms with Gasteiger partial charge in [-0.25, -0.2) is 8.42 Å². The Morgan fingerprint density at radius 2 is 1.58 bits per heavy atom. The van der Waals surface area contributed by atoms with Crippen LogP contribution >= 0.6 is 0 Å². The van der Waals surface area contributed by atoms with Crippen LogP contribution in [0, 0.1) is 20.2 Å². The van der Waals surface area contributed by atoms with Crippen molar-refractivity contribution in [2.75, 3.05) is 42.6 Å². The van der Waals surface area contributed by atoms with Gasteiger partial charge in [0.05, 0.1) is 27.4 Å². The van der Waals surface area contributed by atoms with Crippen molar-refractivity contribution >= 4 is 26.9 Å². The largest absolute Gasteiger partial charge is 0.366 e. The van der Waals surface area contributed by atoms with E-state index in [4.69, 9.17) is 0 Å². The van der Waals surface area contributed by atoms with Crippen molar-refractivity contribution in [3.8, 4) is 0 Å². The lowest BCUT2D eigenvalue weighted by molar-refractivity contribution is -0.393. The summed E-state index contributed by atoms with van der Waals surface area (Å²) < 4.78 is 23.1. The molecule has 0 bridgehead atoms. The number of piperidine rings is 1. The van der Waals surface area contributed by atoms with E-state index in [1.165, 1.54) is 12.1 Å². The van der Waals surface area contributed by atoms with Gasteiger partial charge in [-0.1, -0.05) is 0 Å². The molecule has 0 spiro atoms. The minimum absolute atomic E-state index is 0.182. The molecule has 0 radical (unpaired) electrons. The lowest BCUT2D eigenvalue weighted by Gasteiger charge is -2.40. The second-order valence-corrected chi connectivity index (χ2v) is 8.90. The van der Waals surface area contributed by atoms with Crippen LogP contribution in [0.25, 0.3) is 0 Å². The minimum atomic E-state index is -2.92. The summed E-state index contributed by atoms with van der Waals surface area (Å²) in [7, 11) is -2.92. The predicted molar refractivity (Wildman–Crippen MR) is 95.2 cm³/mol. The zero-order valence-electron chi connectivity index (χ0n) is 14.1. The smallest absolute Gasteiger partial charge is 0.299 e. The van der Waals surface area contributed by atoms with Crippen LogP contribution < -0.4 is 4.90 Å². The lowest BCUT2D eigenvalue weighted by Crippen LogP contribution is -2.50. The highest BCUT2D eigenvalue weighted by Crippen LogP contribution is 2.34. The van der Waals surface area contributed by atoms with E-state index in [-0.39, 0.29) is 28.9 Å². The number of anilines is 1. The van der Waals surface area contributed by atoms with Gasteiger partial charge in [0.25, 0.3) is 11.4 Å². The molecule has 26 heavy (non-hydrogen) atoms. The molecule has 0 saturated carbocycles. The number of nitro groups is 2. The van der Waals surface area contributed by atoms with Crippen molar-refractivity contribution in [3.63, 3.8) is 0 Å². The van der Waals surface area contributed by atoms with E-state index in [2.05, 4.69) is 4.90 Å². The quantitative estimate of drug-likeness (QED) is 0.560. The third kappa shape index (κ3) is 3.93. The number of sulfone groups is 1. The Morgan fingerprint density at radius 3 is 2.12 bits per heavy atom. The second kappa shape index (κ2) is 7.16. The highest BCUT2D eigenvalue weighted by molar-refractivity contribution is 7.91. The molecular weight excluding hydrogens is 364 g/mol. The molecule has 0 atom stereocenters. The van der Waals surface area contributed by atoms with Gasteiger partial charge in [-0.15, -0.1) is 0 Å². The predicted octanol–water partition coefficient (Wildman–Crippen LogP) is 1.20. The fraction of sp³-hybridized carbons (Fsp3) is 0.600. The Hall–Kier alpha value is -2.27. The fourth-order valence-corrected chi connectivity index (χ4v) is 4.83. The summed E-state index contributed by atoms with van der Waals surface area (Å²) in [5.74, 6) is 0.363. The van der Waals surface area contributed by atoms with Crippen molar-refractivity contribution in [1.82, 2.24) is 4.90 Å². The molecule has 2 aliphatic heterocycles. The first-order valence-electron chi connectivity index (χ1n) is 8.39. The van der Waals surface area contributed by atoms with Gasteiger partial charge in [0.2, 0.25) is 0 Å². The van der Waals surface area contributed by atoms with Crippen LogP contribution in [0.1, 0.15) is 12.8 Å². The fourth-order valence-electron chi connectivity index (χ4n) is 3.60. The molecule has 11 heteroatoms. The Kier molecular flexibility index (Phi) is 5.10. The molecule has 0 amide bonds. The number of hydrogen-bond donors (Lipinski definition) is 0. The highest BCUT2D eigenvalue weighted by atomic mass is 32.2. The first-order valence-corrected chi connectivity index (χ1v) is 10.2. The molecule has 1 aromatic carbocycles. The van der Waals surface area contributed by atoms with Crippen LogP contribution in [0.15, 0.2) is 18.2 Å². The summed E-state index contributed by atoms with van der Waals surface area (Å²) in [5, 5.41) is 22.2. The van der Waals surface area contributed by atoms with E-state index >= 15 is 0 Å². The van der Waals surface area contributed by atoms with E-state index in [9.17, 15) is 28.6 Å². The molecule has 0 N–H and O–H groups in total. The van der Waals surface area contributed by atoms with Gasteiger partial charge in [-0.05, 0) is 18.9 Å². The first-order chi connectivity index (χ1) is 12.3. The third-order valence-electron chi connectivity index (χ3n) is 5.07. The van der Waals surface area contributed by atoms with Crippen LogP contribution in [-0.4, -0.2) is 66.9 Å². The van der Waals surface area contributed by atoms with Gasteiger partial charge in [0, 0.05) is 38.3 Å². The SMILES string of the molecule is O=[N+]([O-])c1ccc(N2CCC(N3CCS(=O)(=O)CC3)CC2)c([N+](=O)[O-])c1. The summed E-state index contributed by atoms with van der Waals surface area (Å²) in [5.41, 5.74) is -0.174. The summed E-state index contributed by atoms with van der Waals surface area (Å²) >= 11 is 0. The van der Waals surface area contributed by atoms with Crippen molar-refractivity contribution in [2.24, 2.45) is 0 Å².